The first-order chi connectivity index (χ1) is 7.66. The van der Waals surface area contributed by atoms with Crippen molar-refractivity contribution >= 4 is 11.5 Å². The molecule has 0 heterocycles. The molecule has 0 aliphatic rings. The third-order valence-electron chi connectivity index (χ3n) is 2.51. The molecule has 0 aliphatic carbocycles. The van der Waals surface area contributed by atoms with Crippen LogP contribution in [0.5, 0.6) is 0 Å². The molecule has 2 N–H and O–H groups in total. The Morgan fingerprint density at radius 2 is 1.69 bits per heavy atom. The van der Waals surface area contributed by atoms with Crippen molar-refractivity contribution in [3.8, 4) is 11.1 Å². The fourth-order valence-electron chi connectivity index (χ4n) is 1.62. The summed E-state index contributed by atoms with van der Waals surface area (Å²) in [5, 5.41) is 0. The topological polar surface area (TPSA) is 43.1 Å². The average molecular weight is 211 g/mol. The molecule has 0 aromatic heterocycles. The molecular weight excluding hydrogens is 198 g/mol. The van der Waals surface area contributed by atoms with Crippen LogP contribution in [0.1, 0.15) is 17.3 Å². The lowest BCUT2D eigenvalue weighted by molar-refractivity contribution is 0.101. The maximum atomic E-state index is 11.1. The quantitative estimate of drug-likeness (QED) is 0.612. The van der Waals surface area contributed by atoms with Gasteiger partial charge in [0.2, 0.25) is 0 Å². The number of ketones is 1. The van der Waals surface area contributed by atoms with E-state index in [1.165, 1.54) is 0 Å². The highest BCUT2D eigenvalue weighted by atomic mass is 16.1. The van der Waals surface area contributed by atoms with Gasteiger partial charge in [-0.2, -0.15) is 0 Å². The molecule has 0 saturated carbocycles. The van der Waals surface area contributed by atoms with Crippen LogP contribution in [0.4, 0.5) is 5.69 Å². The van der Waals surface area contributed by atoms with E-state index in [2.05, 4.69) is 0 Å². The first kappa shape index (κ1) is 10.4. The van der Waals surface area contributed by atoms with Gasteiger partial charge in [-0.25, -0.2) is 0 Å². The van der Waals surface area contributed by atoms with Crippen LogP contribution in [-0.2, 0) is 0 Å². The second-order valence-electron chi connectivity index (χ2n) is 3.76. The standard InChI is InChI=1S/C14H13NO/c1-10(16)11-5-7-12(8-6-11)13-3-2-4-14(15)9-13/h2-9H,15H2,1H3. The number of Topliss-reactive ketones (excluding diaryl/α,β-unsaturated/α-hetero) is 1. The van der Waals surface area contributed by atoms with E-state index in [0.717, 1.165) is 22.4 Å². The van der Waals surface area contributed by atoms with Gasteiger partial charge in [0.1, 0.15) is 0 Å². The highest BCUT2D eigenvalue weighted by molar-refractivity contribution is 5.94. The highest BCUT2D eigenvalue weighted by Crippen LogP contribution is 2.21. The summed E-state index contributed by atoms with van der Waals surface area (Å²) in [4.78, 5) is 11.1. The first-order valence-corrected chi connectivity index (χ1v) is 5.14. The van der Waals surface area contributed by atoms with Crippen LogP contribution in [0.15, 0.2) is 48.5 Å². The van der Waals surface area contributed by atoms with Crippen molar-refractivity contribution < 1.29 is 4.79 Å². The zero-order chi connectivity index (χ0) is 11.5. The zero-order valence-corrected chi connectivity index (χ0v) is 9.10. The molecule has 2 aromatic carbocycles. The number of hydrogen-bond donors (Lipinski definition) is 1. The summed E-state index contributed by atoms with van der Waals surface area (Å²) in [5.74, 6) is 0.0825. The predicted molar refractivity (Wildman–Crippen MR) is 66.3 cm³/mol. The van der Waals surface area contributed by atoms with Gasteiger partial charge >= 0.3 is 0 Å². The molecule has 0 saturated heterocycles. The number of hydrogen-bond acceptors (Lipinski definition) is 2. The minimum Gasteiger partial charge on any atom is -0.399 e. The molecule has 16 heavy (non-hydrogen) atoms. The monoisotopic (exact) mass is 211 g/mol. The number of carbonyl (C=O) groups excluding carboxylic acids is 1. The van der Waals surface area contributed by atoms with E-state index in [-0.39, 0.29) is 5.78 Å². The molecule has 0 unspecified atom stereocenters. The van der Waals surface area contributed by atoms with E-state index < -0.39 is 0 Å². The Kier molecular flexibility index (Phi) is 2.73. The number of nitrogens with two attached hydrogens (primary N) is 1. The van der Waals surface area contributed by atoms with Crippen molar-refractivity contribution in [1.29, 1.82) is 0 Å². The summed E-state index contributed by atoms with van der Waals surface area (Å²) < 4.78 is 0. The maximum absolute atomic E-state index is 11.1. The van der Waals surface area contributed by atoms with Gasteiger partial charge in [0, 0.05) is 11.3 Å². The van der Waals surface area contributed by atoms with Gasteiger partial charge in [-0.1, -0.05) is 36.4 Å². The average Bonchev–Trinajstić information content (AvgIpc) is 2.29. The van der Waals surface area contributed by atoms with Crippen LogP contribution in [0.2, 0.25) is 0 Å². The Morgan fingerprint density at radius 3 is 2.25 bits per heavy atom. The van der Waals surface area contributed by atoms with Crippen LogP contribution >= 0.6 is 0 Å². The molecule has 2 rings (SSSR count). The molecule has 2 nitrogen and oxygen atoms in total. The number of nitrogen functional groups attached to an aromatic ring is 1. The SMILES string of the molecule is CC(=O)c1ccc(-c2cccc(N)c2)cc1. The third-order valence-corrected chi connectivity index (χ3v) is 2.51. The van der Waals surface area contributed by atoms with Gasteiger partial charge in [-0.3, -0.25) is 4.79 Å². The fraction of sp³-hybridized carbons (Fsp3) is 0.0714. The molecule has 0 spiro atoms. The van der Waals surface area contributed by atoms with Crippen molar-refractivity contribution in [1.82, 2.24) is 0 Å². The van der Waals surface area contributed by atoms with Crippen molar-refractivity contribution in [3.05, 3.63) is 54.1 Å². The van der Waals surface area contributed by atoms with Crippen molar-refractivity contribution in [2.75, 3.05) is 5.73 Å². The first-order valence-electron chi connectivity index (χ1n) is 5.14. The second-order valence-corrected chi connectivity index (χ2v) is 3.76. The fourth-order valence-corrected chi connectivity index (χ4v) is 1.62. The van der Waals surface area contributed by atoms with Gasteiger partial charge in [-0.05, 0) is 30.2 Å². The summed E-state index contributed by atoms with van der Waals surface area (Å²) in [6.45, 7) is 1.56. The van der Waals surface area contributed by atoms with E-state index in [4.69, 9.17) is 5.73 Å². The number of rotatable bonds is 2. The van der Waals surface area contributed by atoms with E-state index in [9.17, 15) is 4.79 Å². The molecular formula is C14H13NO. The second kappa shape index (κ2) is 4.19. The van der Waals surface area contributed by atoms with Crippen LogP contribution in [-0.4, -0.2) is 5.78 Å². The third kappa shape index (κ3) is 2.11. The molecule has 2 heteroatoms. The highest BCUT2D eigenvalue weighted by Gasteiger charge is 2.01. The number of carbonyl (C=O) groups is 1. The Hall–Kier alpha value is -2.09. The van der Waals surface area contributed by atoms with Crippen molar-refractivity contribution in [3.63, 3.8) is 0 Å². The minimum atomic E-state index is 0.0825. The molecule has 0 aliphatic heterocycles. The molecule has 0 atom stereocenters. The van der Waals surface area contributed by atoms with Crippen LogP contribution in [0.3, 0.4) is 0 Å². The molecule has 0 radical (unpaired) electrons. The predicted octanol–water partition coefficient (Wildman–Crippen LogP) is 3.14. The zero-order valence-electron chi connectivity index (χ0n) is 9.10. The summed E-state index contributed by atoms with van der Waals surface area (Å²) in [6.07, 6.45) is 0. The largest absolute Gasteiger partial charge is 0.399 e. The summed E-state index contributed by atoms with van der Waals surface area (Å²) in [7, 11) is 0. The summed E-state index contributed by atoms with van der Waals surface area (Å²) >= 11 is 0. The minimum absolute atomic E-state index is 0.0825. The van der Waals surface area contributed by atoms with Gasteiger partial charge in [0.25, 0.3) is 0 Å². The summed E-state index contributed by atoms with van der Waals surface area (Å²) in [6, 6.07) is 15.2. The van der Waals surface area contributed by atoms with E-state index in [1.807, 2.05) is 48.5 Å². The lowest BCUT2D eigenvalue weighted by atomic mass is 10.0. The lowest BCUT2D eigenvalue weighted by Gasteiger charge is -2.03. The molecule has 0 amide bonds. The molecule has 0 bridgehead atoms. The van der Waals surface area contributed by atoms with Crippen LogP contribution in [0.25, 0.3) is 11.1 Å². The Balaban J connectivity index is 2.38. The molecule has 2 aromatic rings. The van der Waals surface area contributed by atoms with Crippen LogP contribution in [0, 0.1) is 0 Å². The normalized spacial score (nSPS) is 10.1. The van der Waals surface area contributed by atoms with Gasteiger partial charge < -0.3 is 5.73 Å². The molecule has 80 valence electrons. The Bertz CT molecular complexity index is 515. The number of benzene rings is 2. The maximum Gasteiger partial charge on any atom is 0.159 e. The van der Waals surface area contributed by atoms with E-state index in [0.29, 0.717) is 0 Å². The lowest BCUT2D eigenvalue weighted by Crippen LogP contribution is -1.91. The Labute approximate surface area is 94.7 Å². The van der Waals surface area contributed by atoms with Gasteiger partial charge in [0.15, 0.2) is 5.78 Å². The van der Waals surface area contributed by atoms with E-state index >= 15 is 0 Å². The van der Waals surface area contributed by atoms with Crippen LogP contribution < -0.4 is 5.73 Å². The van der Waals surface area contributed by atoms with Crippen molar-refractivity contribution in [2.24, 2.45) is 0 Å². The van der Waals surface area contributed by atoms with E-state index in [1.54, 1.807) is 6.92 Å². The molecule has 0 fully saturated rings. The summed E-state index contributed by atoms with van der Waals surface area (Å²) in [5.41, 5.74) is 9.32. The Morgan fingerprint density at radius 1 is 1.00 bits per heavy atom. The smallest absolute Gasteiger partial charge is 0.159 e. The van der Waals surface area contributed by atoms with Crippen molar-refractivity contribution in [2.45, 2.75) is 6.92 Å². The number of anilines is 1. The van der Waals surface area contributed by atoms with Gasteiger partial charge in [0.05, 0.1) is 0 Å². The van der Waals surface area contributed by atoms with Gasteiger partial charge in [-0.15, -0.1) is 0 Å².